The van der Waals surface area contributed by atoms with E-state index in [2.05, 4.69) is 5.32 Å². The minimum absolute atomic E-state index is 0.0571. The van der Waals surface area contributed by atoms with Gasteiger partial charge in [-0.2, -0.15) is 0 Å². The van der Waals surface area contributed by atoms with Crippen molar-refractivity contribution >= 4 is 17.4 Å². The lowest BCUT2D eigenvalue weighted by Gasteiger charge is -2.11. The zero-order chi connectivity index (χ0) is 16.7. The Hall–Kier alpha value is -2.82. The third-order valence-electron chi connectivity index (χ3n) is 3.36. The van der Waals surface area contributed by atoms with Gasteiger partial charge in [0.05, 0.1) is 19.9 Å². The fourth-order valence-corrected chi connectivity index (χ4v) is 2.12. The Kier molecular flexibility index (Phi) is 5.74. The van der Waals surface area contributed by atoms with Crippen LogP contribution in [0.2, 0.25) is 0 Å². The molecule has 2 rings (SSSR count). The summed E-state index contributed by atoms with van der Waals surface area (Å²) in [7, 11) is 3.07. The van der Waals surface area contributed by atoms with E-state index in [0.29, 0.717) is 22.7 Å². The number of carbonyl (C=O) groups excluding carboxylic acids is 2. The SMILES string of the molecule is COc1ccc(OC)c(NC(=O)CCC(=O)c2ccccc2)c1. The largest absolute Gasteiger partial charge is 0.497 e. The number of ether oxygens (including phenoxy) is 2. The summed E-state index contributed by atoms with van der Waals surface area (Å²) in [6.45, 7) is 0. The second-order valence-electron chi connectivity index (χ2n) is 4.90. The number of hydrogen-bond acceptors (Lipinski definition) is 4. The van der Waals surface area contributed by atoms with Crippen molar-refractivity contribution in [2.24, 2.45) is 0 Å². The number of methoxy groups -OCH3 is 2. The molecule has 5 nitrogen and oxygen atoms in total. The smallest absolute Gasteiger partial charge is 0.224 e. The lowest BCUT2D eigenvalue weighted by molar-refractivity contribution is -0.116. The second-order valence-corrected chi connectivity index (χ2v) is 4.90. The highest BCUT2D eigenvalue weighted by Gasteiger charge is 2.12. The highest BCUT2D eigenvalue weighted by molar-refractivity contribution is 6.00. The molecule has 0 saturated carbocycles. The molecule has 0 aliphatic heterocycles. The molecule has 0 aromatic heterocycles. The van der Waals surface area contributed by atoms with Gasteiger partial charge < -0.3 is 14.8 Å². The molecule has 0 fully saturated rings. The van der Waals surface area contributed by atoms with Gasteiger partial charge in [-0.1, -0.05) is 30.3 Å². The van der Waals surface area contributed by atoms with Gasteiger partial charge in [-0.3, -0.25) is 9.59 Å². The number of carbonyl (C=O) groups is 2. The van der Waals surface area contributed by atoms with E-state index >= 15 is 0 Å². The van der Waals surface area contributed by atoms with Crippen LogP contribution in [-0.4, -0.2) is 25.9 Å². The Morgan fingerprint density at radius 2 is 1.70 bits per heavy atom. The highest BCUT2D eigenvalue weighted by Crippen LogP contribution is 2.29. The number of ketones is 1. The van der Waals surface area contributed by atoms with Crippen LogP contribution in [0.4, 0.5) is 5.69 Å². The molecule has 2 aromatic rings. The average molecular weight is 313 g/mol. The van der Waals surface area contributed by atoms with Crippen molar-refractivity contribution in [2.45, 2.75) is 12.8 Å². The van der Waals surface area contributed by atoms with E-state index in [1.165, 1.54) is 7.11 Å². The van der Waals surface area contributed by atoms with E-state index in [0.717, 1.165) is 0 Å². The van der Waals surface area contributed by atoms with Crippen molar-refractivity contribution in [3.8, 4) is 11.5 Å². The molecule has 0 saturated heterocycles. The number of benzene rings is 2. The number of Topliss-reactive ketones (excluding diaryl/α,β-unsaturated/α-hetero) is 1. The summed E-state index contributed by atoms with van der Waals surface area (Å²) in [5.41, 5.74) is 1.13. The zero-order valence-corrected chi connectivity index (χ0v) is 13.2. The third kappa shape index (κ3) is 4.57. The third-order valence-corrected chi connectivity index (χ3v) is 3.36. The highest BCUT2D eigenvalue weighted by atomic mass is 16.5. The monoisotopic (exact) mass is 313 g/mol. The van der Waals surface area contributed by atoms with E-state index in [-0.39, 0.29) is 24.5 Å². The van der Waals surface area contributed by atoms with Gasteiger partial charge in [0.2, 0.25) is 5.91 Å². The fourth-order valence-electron chi connectivity index (χ4n) is 2.12. The molecule has 120 valence electrons. The van der Waals surface area contributed by atoms with Gasteiger partial charge in [0.1, 0.15) is 11.5 Å². The molecular weight excluding hydrogens is 294 g/mol. The molecule has 0 heterocycles. The van der Waals surface area contributed by atoms with Crippen molar-refractivity contribution < 1.29 is 19.1 Å². The van der Waals surface area contributed by atoms with Gasteiger partial charge in [0.15, 0.2) is 5.78 Å². The van der Waals surface area contributed by atoms with Crippen LogP contribution in [0.1, 0.15) is 23.2 Å². The Labute approximate surface area is 135 Å². The van der Waals surface area contributed by atoms with E-state index in [1.807, 2.05) is 6.07 Å². The molecular formula is C18H19NO4. The van der Waals surface area contributed by atoms with Gasteiger partial charge in [0, 0.05) is 24.5 Å². The van der Waals surface area contributed by atoms with Crippen LogP contribution in [0, 0.1) is 0 Å². The van der Waals surface area contributed by atoms with Crippen LogP contribution >= 0.6 is 0 Å². The molecule has 1 N–H and O–H groups in total. The first-order valence-corrected chi connectivity index (χ1v) is 7.24. The van der Waals surface area contributed by atoms with Gasteiger partial charge >= 0.3 is 0 Å². The summed E-state index contributed by atoms with van der Waals surface area (Å²) < 4.78 is 10.3. The first kappa shape index (κ1) is 16.5. The maximum atomic E-state index is 12.1. The summed E-state index contributed by atoms with van der Waals surface area (Å²) in [4.78, 5) is 24.1. The predicted octanol–water partition coefficient (Wildman–Crippen LogP) is 3.31. The molecule has 0 bridgehead atoms. The topological polar surface area (TPSA) is 64.6 Å². The Balaban J connectivity index is 1.96. The lowest BCUT2D eigenvalue weighted by atomic mass is 10.1. The summed E-state index contributed by atoms with van der Waals surface area (Å²) >= 11 is 0. The Morgan fingerprint density at radius 3 is 2.35 bits per heavy atom. The molecule has 0 aliphatic rings. The molecule has 23 heavy (non-hydrogen) atoms. The van der Waals surface area contributed by atoms with Crippen LogP contribution in [0.15, 0.2) is 48.5 Å². The van der Waals surface area contributed by atoms with Gasteiger partial charge in [-0.05, 0) is 12.1 Å². The Morgan fingerprint density at radius 1 is 0.957 bits per heavy atom. The van der Waals surface area contributed by atoms with Crippen molar-refractivity contribution in [3.63, 3.8) is 0 Å². The minimum atomic E-state index is -0.249. The van der Waals surface area contributed by atoms with Crippen LogP contribution in [-0.2, 0) is 4.79 Å². The summed E-state index contributed by atoms with van der Waals surface area (Å²) in [5, 5.41) is 2.75. The summed E-state index contributed by atoms with van der Waals surface area (Å²) in [5.74, 6) is 0.842. The van der Waals surface area contributed by atoms with Crippen molar-refractivity contribution in [1.82, 2.24) is 0 Å². The van der Waals surface area contributed by atoms with Crippen molar-refractivity contribution in [1.29, 1.82) is 0 Å². The predicted molar refractivity (Wildman–Crippen MR) is 88.2 cm³/mol. The number of hydrogen-bond donors (Lipinski definition) is 1. The normalized spacial score (nSPS) is 10.0. The summed E-state index contributed by atoms with van der Waals surface area (Å²) in [6.07, 6.45) is 0.260. The van der Waals surface area contributed by atoms with E-state index in [1.54, 1.807) is 49.6 Å². The fraction of sp³-hybridized carbons (Fsp3) is 0.222. The van der Waals surface area contributed by atoms with Crippen LogP contribution in [0.25, 0.3) is 0 Å². The molecule has 0 spiro atoms. The maximum absolute atomic E-state index is 12.1. The molecule has 1 amide bonds. The average Bonchev–Trinajstić information content (AvgIpc) is 2.60. The lowest BCUT2D eigenvalue weighted by Crippen LogP contribution is -2.14. The van der Waals surface area contributed by atoms with Gasteiger partial charge in [-0.25, -0.2) is 0 Å². The van der Waals surface area contributed by atoms with Crippen LogP contribution in [0.5, 0.6) is 11.5 Å². The summed E-state index contributed by atoms with van der Waals surface area (Å²) in [6, 6.07) is 14.1. The molecule has 2 aromatic carbocycles. The molecule has 5 heteroatoms. The van der Waals surface area contributed by atoms with Gasteiger partial charge in [-0.15, -0.1) is 0 Å². The maximum Gasteiger partial charge on any atom is 0.224 e. The van der Waals surface area contributed by atoms with Crippen LogP contribution in [0.3, 0.4) is 0 Å². The first-order chi connectivity index (χ1) is 11.1. The number of rotatable bonds is 7. The number of amides is 1. The quantitative estimate of drug-likeness (QED) is 0.797. The van der Waals surface area contributed by atoms with Gasteiger partial charge in [0.25, 0.3) is 0 Å². The number of anilines is 1. The van der Waals surface area contributed by atoms with E-state index in [4.69, 9.17) is 9.47 Å². The van der Waals surface area contributed by atoms with E-state index < -0.39 is 0 Å². The second kappa shape index (κ2) is 7.98. The van der Waals surface area contributed by atoms with Crippen molar-refractivity contribution in [2.75, 3.05) is 19.5 Å². The Bertz CT molecular complexity index is 683. The molecule has 0 unspecified atom stereocenters. The molecule has 0 radical (unpaired) electrons. The standard InChI is InChI=1S/C18H19NO4/c1-22-14-8-10-17(23-2)15(12-14)19-18(21)11-9-16(20)13-6-4-3-5-7-13/h3-8,10,12H,9,11H2,1-2H3,(H,19,21). The van der Waals surface area contributed by atoms with Crippen molar-refractivity contribution in [3.05, 3.63) is 54.1 Å². The van der Waals surface area contributed by atoms with Crippen LogP contribution < -0.4 is 14.8 Å². The first-order valence-electron chi connectivity index (χ1n) is 7.24. The molecule has 0 aliphatic carbocycles. The van der Waals surface area contributed by atoms with E-state index in [9.17, 15) is 9.59 Å². The zero-order valence-electron chi connectivity index (χ0n) is 13.2. The molecule has 0 atom stereocenters. The number of nitrogens with one attached hydrogen (secondary N) is 1. The minimum Gasteiger partial charge on any atom is -0.497 e.